The molecule has 3 N–H and O–H groups in total. The number of amides is 3. The van der Waals surface area contributed by atoms with Gasteiger partial charge in [-0.1, -0.05) is 36.4 Å². The summed E-state index contributed by atoms with van der Waals surface area (Å²) >= 11 is 0. The second kappa shape index (κ2) is 14.2. The van der Waals surface area contributed by atoms with Gasteiger partial charge in [0.2, 0.25) is 5.91 Å². The summed E-state index contributed by atoms with van der Waals surface area (Å²) in [5, 5.41) is 4.44. The van der Waals surface area contributed by atoms with Crippen LogP contribution in [0.25, 0.3) is 11.1 Å². The van der Waals surface area contributed by atoms with E-state index in [0.29, 0.717) is 29.7 Å². The molecule has 46 heavy (non-hydrogen) atoms. The Kier molecular flexibility index (Phi) is 10.1. The second-order valence-corrected chi connectivity index (χ2v) is 12.5. The third kappa shape index (κ3) is 8.31. The summed E-state index contributed by atoms with van der Waals surface area (Å²) in [6.45, 7) is 2.14. The van der Waals surface area contributed by atoms with Crippen LogP contribution < -0.4 is 20.3 Å². The molecular formula is C32H34FN3O9S. The minimum absolute atomic E-state index is 0.00522. The lowest BCUT2D eigenvalue weighted by atomic mass is 9.91. The van der Waals surface area contributed by atoms with Crippen LogP contribution >= 0.6 is 0 Å². The number of hydrogen-bond acceptors (Lipinski definition) is 8. The third-order valence-corrected chi connectivity index (χ3v) is 8.28. The smallest absolute Gasteiger partial charge is 0.414 e. The molecule has 0 bridgehead atoms. The Labute approximate surface area is 265 Å². The largest absolute Gasteiger partial charge is 0.490 e. The monoisotopic (exact) mass is 655 g/mol. The lowest BCUT2D eigenvalue weighted by molar-refractivity contribution is -0.120. The van der Waals surface area contributed by atoms with Crippen molar-refractivity contribution < 1.29 is 46.0 Å². The predicted molar refractivity (Wildman–Crippen MR) is 165 cm³/mol. The van der Waals surface area contributed by atoms with Gasteiger partial charge in [0.25, 0.3) is 10.1 Å². The number of hydrogen-bond donors (Lipinski definition) is 3. The van der Waals surface area contributed by atoms with Gasteiger partial charge in [0.05, 0.1) is 5.69 Å². The van der Waals surface area contributed by atoms with Crippen molar-refractivity contribution in [3.05, 3.63) is 83.2 Å². The number of fused-ring (bicyclic) bond motifs is 3. The summed E-state index contributed by atoms with van der Waals surface area (Å²) in [5.41, 5.74) is 4.83. The summed E-state index contributed by atoms with van der Waals surface area (Å²) in [7, 11) is -4.33. The number of halogens is 1. The fourth-order valence-electron chi connectivity index (χ4n) is 5.41. The van der Waals surface area contributed by atoms with Crippen molar-refractivity contribution in [1.29, 1.82) is 0 Å². The normalized spacial score (nSPS) is 16.5. The van der Waals surface area contributed by atoms with E-state index in [2.05, 4.69) is 5.32 Å². The second-order valence-electron chi connectivity index (χ2n) is 11.1. The quantitative estimate of drug-likeness (QED) is 0.188. The van der Waals surface area contributed by atoms with Crippen LogP contribution in [0.1, 0.15) is 35.4 Å². The maximum absolute atomic E-state index is 13.8. The van der Waals surface area contributed by atoms with Crippen molar-refractivity contribution in [3.63, 3.8) is 0 Å². The Balaban J connectivity index is 1.17. The molecule has 3 amide bonds. The molecule has 14 heteroatoms. The lowest BCUT2D eigenvalue weighted by Gasteiger charge is -2.30. The maximum Gasteiger partial charge on any atom is 0.414 e. The van der Waals surface area contributed by atoms with Gasteiger partial charge in [-0.05, 0) is 71.7 Å². The molecule has 244 valence electrons. The number of anilines is 1. The van der Waals surface area contributed by atoms with Crippen LogP contribution in [0.5, 0.6) is 5.75 Å². The highest BCUT2D eigenvalue weighted by Gasteiger charge is 2.48. The van der Waals surface area contributed by atoms with E-state index in [4.69, 9.17) is 18.8 Å². The predicted octanol–water partition coefficient (Wildman–Crippen LogP) is 4.52. The van der Waals surface area contributed by atoms with Crippen LogP contribution in [-0.2, 0) is 31.0 Å². The van der Waals surface area contributed by atoms with Gasteiger partial charge in [-0.25, -0.2) is 14.0 Å². The van der Waals surface area contributed by atoms with Crippen molar-refractivity contribution in [3.8, 4) is 16.9 Å². The molecule has 5 rings (SSSR count). The first kappa shape index (κ1) is 32.7. The average Bonchev–Trinajstić information content (AvgIpc) is 3.82. The van der Waals surface area contributed by atoms with Crippen LogP contribution in [0, 0.1) is 18.7 Å². The molecule has 1 fully saturated rings. The third-order valence-electron chi connectivity index (χ3n) is 7.77. The average molecular weight is 656 g/mol. The first-order chi connectivity index (χ1) is 22.0. The molecule has 2 atom stereocenters. The minimum Gasteiger partial charge on any atom is -0.490 e. The van der Waals surface area contributed by atoms with Gasteiger partial charge >= 0.3 is 12.2 Å². The summed E-state index contributed by atoms with van der Waals surface area (Å²) in [5.74, 6) is -0.900. The van der Waals surface area contributed by atoms with Gasteiger partial charge in [0, 0.05) is 25.1 Å². The van der Waals surface area contributed by atoms with E-state index < -0.39 is 34.1 Å². The van der Waals surface area contributed by atoms with Crippen LogP contribution in [0.2, 0.25) is 0 Å². The molecule has 3 aromatic rings. The Morgan fingerprint density at radius 2 is 1.80 bits per heavy atom. The van der Waals surface area contributed by atoms with E-state index in [0.717, 1.165) is 34.4 Å². The Hall–Kier alpha value is -4.69. The molecule has 0 saturated heterocycles. The number of carbonyl (C=O) groups is 3. The zero-order valence-corrected chi connectivity index (χ0v) is 25.8. The van der Waals surface area contributed by atoms with Crippen molar-refractivity contribution in [2.24, 2.45) is 5.92 Å². The number of nitrogens with zero attached hydrogens (tertiary/aromatic N) is 1. The zero-order valence-electron chi connectivity index (χ0n) is 25.0. The Morgan fingerprint density at radius 1 is 1.02 bits per heavy atom. The van der Waals surface area contributed by atoms with E-state index >= 15 is 0 Å². The van der Waals surface area contributed by atoms with Gasteiger partial charge in [-0.2, -0.15) is 8.42 Å². The molecule has 2 aliphatic rings. The molecule has 1 heterocycles. The van der Waals surface area contributed by atoms with E-state index in [1.165, 1.54) is 6.07 Å². The van der Waals surface area contributed by atoms with Crippen molar-refractivity contribution >= 4 is 33.9 Å². The van der Waals surface area contributed by atoms with Crippen molar-refractivity contribution in [2.45, 2.75) is 32.3 Å². The van der Waals surface area contributed by atoms with Crippen LogP contribution in [0.3, 0.4) is 0 Å². The van der Waals surface area contributed by atoms with Gasteiger partial charge < -0.3 is 24.8 Å². The van der Waals surface area contributed by atoms with E-state index in [1.807, 2.05) is 47.8 Å². The fourth-order valence-corrected chi connectivity index (χ4v) is 5.75. The summed E-state index contributed by atoms with van der Waals surface area (Å²) in [6.07, 6.45) is -0.482. The molecular weight excluding hydrogens is 621 g/mol. The molecule has 1 saturated carbocycles. The lowest BCUT2D eigenvalue weighted by Crippen LogP contribution is -2.37. The highest BCUT2D eigenvalue weighted by atomic mass is 32.2. The van der Waals surface area contributed by atoms with Crippen LogP contribution in [-0.4, -0.2) is 63.2 Å². The molecule has 1 aliphatic carbocycles. The van der Waals surface area contributed by atoms with E-state index in [9.17, 15) is 27.2 Å². The molecule has 3 aromatic carbocycles. The number of rotatable bonds is 12. The summed E-state index contributed by atoms with van der Waals surface area (Å²) < 4.78 is 60.3. The van der Waals surface area contributed by atoms with Crippen molar-refractivity contribution in [2.75, 3.05) is 37.1 Å². The standard InChI is InChI=1S/C32H34FN3O9S/c1-20-26(33)8-4-10-28(20)43-13-14-44-32(39)36-17-23-16-25(23)30-24(7-3-9-27(30)36)22-6-2-5-21(15-22)18-45-31(38)34-12-11-29(37)35-19-46(40,41)42/h2-10,15,23,25H,11-14,16-19H2,1H3,(H,34,38)(H,35,37)(H,40,41,42). The number of nitrogens with one attached hydrogen (secondary N) is 2. The topological polar surface area (TPSA) is 161 Å². The number of benzene rings is 3. The highest BCUT2D eigenvalue weighted by molar-refractivity contribution is 7.85. The molecule has 2 unspecified atom stereocenters. The van der Waals surface area contributed by atoms with Gasteiger partial charge in [0.1, 0.15) is 37.3 Å². The Morgan fingerprint density at radius 3 is 2.61 bits per heavy atom. The molecule has 1 aliphatic heterocycles. The molecule has 0 spiro atoms. The molecule has 0 aromatic heterocycles. The Bertz CT molecular complexity index is 1730. The minimum atomic E-state index is -4.33. The summed E-state index contributed by atoms with van der Waals surface area (Å²) in [6, 6.07) is 17.9. The summed E-state index contributed by atoms with van der Waals surface area (Å²) in [4.78, 5) is 38.6. The maximum atomic E-state index is 13.8. The van der Waals surface area contributed by atoms with Gasteiger partial charge in [-0.3, -0.25) is 14.2 Å². The zero-order chi connectivity index (χ0) is 32.8. The highest BCUT2D eigenvalue weighted by Crippen LogP contribution is 2.57. The van der Waals surface area contributed by atoms with E-state index in [1.54, 1.807) is 24.0 Å². The molecule has 0 radical (unpaired) electrons. The number of alkyl carbamates (subject to hydrolysis) is 1. The number of carbonyl (C=O) groups excluding carboxylic acids is 3. The van der Waals surface area contributed by atoms with E-state index in [-0.39, 0.29) is 38.6 Å². The van der Waals surface area contributed by atoms with Crippen molar-refractivity contribution in [1.82, 2.24) is 10.6 Å². The van der Waals surface area contributed by atoms with Crippen LogP contribution in [0.4, 0.5) is 19.7 Å². The van der Waals surface area contributed by atoms with Gasteiger partial charge in [-0.15, -0.1) is 0 Å². The van der Waals surface area contributed by atoms with Crippen LogP contribution in [0.15, 0.2) is 60.7 Å². The SMILES string of the molecule is Cc1c(F)cccc1OCCOC(=O)N1CC2CC2c2c(-c3cccc(COC(=O)NCCC(=O)NCS(=O)(=O)O)c3)cccc21. The first-order valence-electron chi connectivity index (χ1n) is 14.7. The number of ether oxygens (including phenoxy) is 3. The van der Waals surface area contributed by atoms with Gasteiger partial charge in [0.15, 0.2) is 0 Å². The fraction of sp³-hybridized carbons (Fsp3) is 0.344. The molecule has 12 nitrogen and oxygen atoms in total. The first-order valence-corrected chi connectivity index (χ1v) is 16.3.